The highest BCUT2D eigenvalue weighted by Gasteiger charge is 2.23. The molecule has 0 saturated carbocycles. The third-order valence-electron chi connectivity index (χ3n) is 6.70. The number of carbonyl (C=O) groups is 3. The molecule has 2 aromatic carbocycles. The van der Waals surface area contributed by atoms with Gasteiger partial charge in [-0.3, -0.25) is 18.7 Å². The molecule has 224 valence electrons. The van der Waals surface area contributed by atoms with Crippen LogP contribution in [0.25, 0.3) is 0 Å². The Morgan fingerprint density at radius 3 is 2.49 bits per heavy atom. The monoisotopic (exact) mass is 587 g/mol. The standard InChI is InChI=1S/C29H41N5O6S/c1-6-26(29(37)32-17-19(2)3)31-18-23-12-20-8-7-9-25(13-20)40-11-10-30-27(35)21-14-22(28(36)33-23)16-24(15-21)34(4)41(5,38)39/h7-9,13-16,19,23,26,31H,6,10-12,17-18H2,1-5H3,(H,30,35)(H,32,37)(H,33,36)/t23-,26+/m1/s1. The SMILES string of the molecule is CC[C@H](NC[C@H]1Cc2cccc(c2)OCCNC(=O)c2cc(cc(N(C)S(C)(=O)=O)c2)C(=O)N1)C(=O)NCC(C)C. The van der Waals surface area contributed by atoms with E-state index in [9.17, 15) is 22.8 Å². The minimum Gasteiger partial charge on any atom is -0.492 e. The van der Waals surface area contributed by atoms with E-state index in [4.69, 9.17) is 4.74 Å². The average molecular weight is 588 g/mol. The molecule has 2 aromatic rings. The lowest BCUT2D eigenvalue weighted by molar-refractivity contribution is -0.123. The second-order valence-electron chi connectivity index (χ2n) is 10.6. The number of benzene rings is 2. The van der Waals surface area contributed by atoms with Gasteiger partial charge < -0.3 is 26.0 Å². The maximum atomic E-state index is 13.6. The Morgan fingerprint density at radius 2 is 1.83 bits per heavy atom. The van der Waals surface area contributed by atoms with Gasteiger partial charge in [-0.2, -0.15) is 0 Å². The Kier molecular flexibility index (Phi) is 11.1. The number of rotatable bonds is 9. The maximum absolute atomic E-state index is 13.6. The second-order valence-corrected chi connectivity index (χ2v) is 12.6. The van der Waals surface area contributed by atoms with Gasteiger partial charge in [-0.25, -0.2) is 8.42 Å². The summed E-state index contributed by atoms with van der Waals surface area (Å²) in [6.07, 6.45) is 2.04. The first-order chi connectivity index (χ1) is 19.4. The van der Waals surface area contributed by atoms with E-state index < -0.39 is 33.9 Å². The van der Waals surface area contributed by atoms with E-state index in [1.807, 2.05) is 45.0 Å². The Morgan fingerprint density at radius 1 is 1.12 bits per heavy atom. The predicted molar refractivity (Wildman–Crippen MR) is 159 cm³/mol. The van der Waals surface area contributed by atoms with Crippen molar-refractivity contribution in [2.24, 2.45) is 5.92 Å². The second kappa shape index (κ2) is 14.3. The summed E-state index contributed by atoms with van der Waals surface area (Å²) in [7, 11) is -2.29. The van der Waals surface area contributed by atoms with Crippen LogP contribution in [0.15, 0.2) is 42.5 Å². The molecule has 11 nitrogen and oxygen atoms in total. The lowest BCUT2D eigenvalue weighted by Crippen LogP contribution is -2.50. The Labute approximate surface area is 242 Å². The summed E-state index contributed by atoms with van der Waals surface area (Å²) in [4.78, 5) is 39.2. The van der Waals surface area contributed by atoms with Crippen LogP contribution in [-0.2, 0) is 21.2 Å². The van der Waals surface area contributed by atoms with Crippen LogP contribution in [0.2, 0.25) is 0 Å². The molecule has 1 aliphatic heterocycles. The first kappa shape index (κ1) is 31.9. The van der Waals surface area contributed by atoms with Crippen molar-refractivity contribution in [3.05, 3.63) is 59.2 Å². The van der Waals surface area contributed by atoms with Gasteiger partial charge in [0.1, 0.15) is 12.4 Å². The number of fused-ring (bicyclic) bond motifs is 4. The first-order valence-corrected chi connectivity index (χ1v) is 15.6. The topological polar surface area (TPSA) is 146 Å². The lowest BCUT2D eigenvalue weighted by atomic mass is 10.0. The van der Waals surface area contributed by atoms with Gasteiger partial charge in [-0.1, -0.05) is 32.9 Å². The Hall–Kier alpha value is -3.64. The fraction of sp³-hybridized carbons (Fsp3) is 0.483. The van der Waals surface area contributed by atoms with E-state index in [2.05, 4.69) is 21.3 Å². The van der Waals surface area contributed by atoms with E-state index in [1.165, 1.54) is 25.2 Å². The molecular formula is C29H41N5O6S. The molecule has 4 bridgehead atoms. The molecule has 0 fully saturated rings. The van der Waals surface area contributed by atoms with Crippen molar-refractivity contribution >= 4 is 33.4 Å². The van der Waals surface area contributed by atoms with Crippen molar-refractivity contribution in [3.63, 3.8) is 0 Å². The smallest absolute Gasteiger partial charge is 0.251 e. The molecule has 3 amide bonds. The number of nitrogens with one attached hydrogen (secondary N) is 4. The summed E-state index contributed by atoms with van der Waals surface area (Å²) in [6.45, 7) is 7.25. The van der Waals surface area contributed by atoms with Crippen LogP contribution < -0.4 is 30.3 Å². The number of nitrogens with zero attached hydrogens (tertiary/aromatic N) is 1. The minimum absolute atomic E-state index is 0.104. The van der Waals surface area contributed by atoms with Gasteiger partial charge in [0, 0.05) is 37.3 Å². The quantitative estimate of drug-likeness (QED) is 0.349. The van der Waals surface area contributed by atoms with Crippen molar-refractivity contribution < 1.29 is 27.5 Å². The highest BCUT2D eigenvalue weighted by atomic mass is 32.2. The minimum atomic E-state index is -3.65. The van der Waals surface area contributed by atoms with Crippen LogP contribution >= 0.6 is 0 Å². The zero-order chi connectivity index (χ0) is 30.2. The van der Waals surface area contributed by atoms with Crippen LogP contribution in [0.3, 0.4) is 0 Å². The predicted octanol–water partition coefficient (Wildman–Crippen LogP) is 1.69. The number of amides is 3. The van der Waals surface area contributed by atoms with Crippen molar-refractivity contribution in [2.45, 2.75) is 45.7 Å². The van der Waals surface area contributed by atoms with Gasteiger partial charge in [0.15, 0.2) is 0 Å². The molecule has 0 spiro atoms. The molecule has 3 rings (SSSR count). The van der Waals surface area contributed by atoms with E-state index in [0.717, 1.165) is 16.1 Å². The molecule has 2 atom stereocenters. The molecule has 1 heterocycles. The van der Waals surface area contributed by atoms with E-state index in [-0.39, 0.29) is 35.9 Å². The third-order valence-corrected chi connectivity index (χ3v) is 7.90. The number of sulfonamides is 1. The lowest BCUT2D eigenvalue weighted by Gasteiger charge is -2.24. The third kappa shape index (κ3) is 9.46. The number of hydrogen-bond acceptors (Lipinski definition) is 7. The van der Waals surface area contributed by atoms with Gasteiger partial charge in [0.2, 0.25) is 15.9 Å². The zero-order valence-corrected chi connectivity index (χ0v) is 25.1. The summed E-state index contributed by atoms with van der Waals surface area (Å²) in [5, 5.41) is 12.0. The molecule has 0 saturated heterocycles. The number of hydrogen-bond donors (Lipinski definition) is 4. The van der Waals surface area contributed by atoms with Crippen LogP contribution in [0, 0.1) is 5.92 Å². The van der Waals surface area contributed by atoms with Gasteiger partial charge in [0.05, 0.1) is 24.5 Å². The van der Waals surface area contributed by atoms with Gasteiger partial charge in [0.25, 0.3) is 11.8 Å². The van der Waals surface area contributed by atoms with Gasteiger partial charge in [-0.15, -0.1) is 0 Å². The van der Waals surface area contributed by atoms with Crippen molar-refractivity contribution in [1.82, 2.24) is 21.3 Å². The number of ether oxygens (including phenoxy) is 1. The summed E-state index contributed by atoms with van der Waals surface area (Å²) in [5.74, 6) is -0.104. The molecule has 0 aromatic heterocycles. The molecule has 1 aliphatic rings. The maximum Gasteiger partial charge on any atom is 0.251 e. The van der Waals surface area contributed by atoms with Crippen LogP contribution in [-0.4, -0.2) is 77.8 Å². The number of carbonyl (C=O) groups excluding carboxylic acids is 3. The van der Waals surface area contributed by atoms with Crippen molar-refractivity contribution in [3.8, 4) is 5.75 Å². The zero-order valence-electron chi connectivity index (χ0n) is 24.3. The fourth-order valence-electron chi connectivity index (χ4n) is 4.31. The van der Waals surface area contributed by atoms with Crippen LogP contribution in [0.1, 0.15) is 53.5 Å². The van der Waals surface area contributed by atoms with Crippen molar-refractivity contribution in [1.29, 1.82) is 0 Å². The summed E-state index contributed by atoms with van der Waals surface area (Å²) >= 11 is 0. The van der Waals surface area contributed by atoms with Gasteiger partial charge >= 0.3 is 0 Å². The van der Waals surface area contributed by atoms with Crippen LogP contribution in [0.4, 0.5) is 5.69 Å². The Balaban J connectivity index is 1.94. The van der Waals surface area contributed by atoms with E-state index >= 15 is 0 Å². The van der Waals surface area contributed by atoms with Crippen LogP contribution in [0.5, 0.6) is 5.75 Å². The Bertz CT molecular complexity index is 1350. The molecular weight excluding hydrogens is 546 g/mol. The average Bonchev–Trinajstić information content (AvgIpc) is 2.92. The van der Waals surface area contributed by atoms with E-state index in [1.54, 1.807) is 0 Å². The van der Waals surface area contributed by atoms with E-state index in [0.29, 0.717) is 37.6 Å². The highest BCUT2D eigenvalue weighted by molar-refractivity contribution is 7.92. The van der Waals surface area contributed by atoms with Crippen molar-refractivity contribution in [2.75, 3.05) is 43.8 Å². The summed E-state index contributed by atoms with van der Waals surface area (Å²) < 4.78 is 31.3. The molecule has 0 radical (unpaired) electrons. The largest absolute Gasteiger partial charge is 0.492 e. The molecule has 0 aliphatic carbocycles. The number of anilines is 1. The fourth-order valence-corrected chi connectivity index (χ4v) is 4.80. The normalized spacial score (nSPS) is 16.9. The molecule has 41 heavy (non-hydrogen) atoms. The van der Waals surface area contributed by atoms with Gasteiger partial charge in [-0.05, 0) is 54.7 Å². The molecule has 4 N–H and O–H groups in total. The molecule has 12 heteroatoms. The summed E-state index contributed by atoms with van der Waals surface area (Å²) in [5.41, 5.74) is 1.37. The highest BCUT2D eigenvalue weighted by Crippen LogP contribution is 2.22. The first-order valence-electron chi connectivity index (χ1n) is 13.8. The summed E-state index contributed by atoms with van der Waals surface area (Å²) in [6, 6.07) is 10.9. The molecule has 0 unspecified atom stereocenters.